The molecule has 0 aromatic heterocycles. The van der Waals surface area contributed by atoms with Gasteiger partial charge in [0.2, 0.25) is 15.9 Å². The zero-order valence-electron chi connectivity index (χ0n) is 10.0. The van der Waals surface area contributed by atoms with Crippen LogP contribution in [-0.2, 0) is 14.8 Å². The monoisotopic (exact) mass is 281 g/mol. The molecule has 0 saturated carbocycles. The van der Waals surface area contributed by atoms with Crippen molar-refractivity contribution in [2.24, 2.45) is 11.7 Å². The van der Waals surface area contributed by atoms with Crippen molar-refractivity contribution in [1.29, 1.82) is 0 Å². The van der Waals surface area contributed by atoms with Crippen LogP contribution < -0.4 is 15.8 Å². The molecule has 0 aliphatic carbocycles. The minimum atomic E-state index is -3.31. The summed E-state index contributed by atoms with van der Waals surface area (Å²) in [6.07, 6.45) is 0.501. The molecular weight excluding hydrogens is 262 g/mol. The van der Waals surface area contributed by atoms with Gasteiger partial charge in [-0.3, -0.25) is 4.79 Å². The van der Waals surface area contributed by atoms with E-state index in [-0.39, 0.29) is 23.2 Å². The van der Waals surface area contributed by atoms with E-state index < -0.39 is 15.9 Å². The van der Waals surface area contributed by atoms with Crippen LogP contribution in [0.4, 0.5) is 0 Å². The summed E-state index contributed by atoms with van der Waals surface area (Å²) >= 11 is 4.74. The van der Waals surface area contributed by atoms with Crippen LogP contribution in [0.15, 0.2) is 0 Å². The smallest absolute Gasteiger partial charge is 0.229 e. The molecule has 6 nitrogen and oxygen atoms in total. The molecule has 0 aliphatic heterocycles. The van der Waals surface area contributed by atoms with E-state index in [4.69, 9.17) is 18.0 Å². The molecule has 0 fully saturated rings. The molecule has 0 aliphatic rings. The quantitative estimate of drug-likeness (QED) is 0.513. The summed E-state index contributed by atoms with van der Waals surface area (Å²) in [5.74, 6) is -1.01. The van der Waals surface area contributed by atoms with Crippen molar-refractivity contribution in [2.45, 2.75) is 20.3 Å². The number of thiocarbonyl (C=S) groups is 1. The van der Waals surface area contributed by atoms with Crippen molar-refractivity contribution >= 4 is 33.1 Å². The first-order valence-corrected chi connectivity index (χ1v) is 7.44. The van der Waals surface area contributed by atoms with Gasteiger partial charge in [-0.05, 0) is 6.42 Å². The molecule has 8 heteroatoms. The standard InChI is InChI=1S/C9H19N3O3S2/c1-3-7(8(10)16)9(13)11-5-6-17(14,15)12-4-2/h7,12H,3-6H2,1-2H3,(H2,10,16)(H,11,13). The van der Waals surface area contributed by atoms with Crippen LogP contribution in [0, 0.1) is 5.92 Å². The Kier molecular flexibility index (Phi) is 7.24. The third kappa shape index (κ3) is 6.54. The number of carbonyl (C=O) groups is 1. The van der Waals surface area contributed by atoms with E-state index in [1.165, 1.54) is 0 Å². The average Bonchev–Trinajstić information content (AvgIpc) is 2.17. The van der Waals surface area contributed by atoms with Crippen LogP contribution in [0.2, 0.25) is 0 Å². The highest BCUT2D eigenvalue weighted by atomic mass is 32.2. The van der Waals surface area contributed by atoms with Gasteiger partial charge in [-0.2, -0.15) is 0 Å². The van der Waals surface area contributed by atoms with Crippen molar-refractivity contribution in [1.82, 2.24) is 10.0 Å². The summed E-state index contributed by atoms with van der Waals surface area (Å²) < 4.78 is 24.9. The second kappa shape index (κ2) is 7.57. The van der Waals surface area contributed by atoms with E-state index in [0.717, 1.165) is 0 Å². The molecule has 0 heterocycles. The number of amides is 1. The molecule has 1 unspecified atom stereocenters. The molecule has 0 aromatic carbocycles. The molecule has 0 radical (unpaired) electrons. The topological polar surface area (TPSA) is 101 Å². The largest absolute Gasteiger partial charge is 0.393 e. The van der Waals surface area contributed by atoms with Crippen molar-refractivity contribution in [2.75, 3.05) is 18.8 Å². The number of nitrogens with two attached hydrogens (primary N) is 1. The van der Waals surface area contributed by atoms with E-state index in [9.17, 15) is 13.2 Å². The van der Waals surface area contributed by atoms with Gasteiger partial charge in [0.05, 0.1) is 16.7 Å². The fourth-order valence-electron chi connectivity index (χ4n) is 1.24. The maximum absolute atomic E-state index is 11.6. The Labute approximate surface area is 107 Å². The summed E-state index contributed by atoms with van der Waals surface area (Å²) in [5, 5.41) is 2.50. The molecule has 0 bridgehead atoms. The van der Waals surface area contributed by atoms with Crippen LogP contribution in [0.5, 0.6) is 0 Å². The third-order valence-corrected chi connectivity index (χ3v) is 3.86. The first-order chi connectivity index (χ1) is 7.84. The predicted octanol–water partition coefficient (Wildman–Crippen LogP) is -0.646. The van der Waals surface area contributed by atoms with Crippen molar-refractivity contribution in [3.05, 3.63) is 0 Å². The second-order valence-corrected chi connectivity index (χ2v) is 5.87. The molecule has 100 valence electrons. The van der Waals surface area contributed by atoms with E-state index in [0.29, 0.717) is 13.0 Å². The Balaban J connectivity index is 4.13. The van der Waals surface area contributed by atoms with Gasteiger partial charge in [-0.1, -0.05) is 26.1 Å². The zero-order valence-corrected chi connectivity index (χ0v) is 11.7. The van der Waals surface area contributed by atoms with Gasteiger partial charge in [-0.15, -0.1) is 0 Å². The normalized spacial score (nSPS) is 13.1. The number of sulfonamides is 1. The molecule has 0 aromatic rings. The summed E-state index contributed by atoms with van der Waals surface area (Å²) in [6.45, 7) is 3.86. The molecule has 0 spiro atoms. The van der Waals surface area contributed by atoms with Crippen LogP contribution >= 0.6 is 12.2 Å². The van der Waals surface area contributed by atoms with Crippen molar-refractivity contribution < 1.29 is 13.2 Å². The van der Waals surface area contributed by atoms with Crippen LogP contribution in [0.3, 0.4) is 0 Å². The molecule has 0 rings (SSSR count). The highest BCUT2D eigenvalue weighted by molar-refractivity contribution is 7.89. The number of hydrogen-bond acceptors (Lipinski definition) is 4. The van der Waals surface area contributed by atoms with E-state index in [1.807, 2.05) is 0 Å². The average molecular weight is 281 g/mol. The van der Waals surface area contributed by atoms with Crippen molar-refractivity contribution in [3.8, 4) is 0 Å². The predicted molar refractivity (Wildman–Crippen MR) is 71.0 cm³/mol. The highest BCUT2D eigenvalue weighted by Crippen LogP contribution is 2.02. The number of nitrogens with one attached hydrogen (secondary N) is 2. The lowest BCUT2D eigenvalue weighted by Crippen LogP contribution is -2.40. The Hall–Kier alpha value is -0.730. The highest BCUT2D eigenvalue weighted by Gasteiger charge is 2.19. The third-order valence-electron chi connectivity index (χ3n) is 2.10. The van der Waals surface area contributed by atoms with E-state index in [2.05, 4.69) is 10.0 Å². The first-order valence-electron chi connectivity index (χ1n) is 5.38. The van der Waals surface area contributed by atoms with Gasteiger partial charge in [0.1, 0.15) is 0 Å². The van der Waals surface area contributed by atoms with Crippen LogP contribution in [0.1, 0.15) is 20.3 Å². The fourth-order valence-corrected chi connectivity index (χ4v) is 2.47. The molecule has 1 atom stereocenters. The van der Waals surface area contributed by atoms with Crippen molar-refractivity contribution in [3.63, 3.8) is 0 Å². The maximum Gasteiger partial charge on any atom is 0.229 e. The Morgan fingerprint density at radius 1 is 1.41 bits per heavy atom. The molecular formula is C9H19N3O3S2. The van der Waals surface area contributed by atoms with Gasteiger partial charge in [0.15, 0.2) is 0 Å². The SMILES string of the molecule is CCNS(=O)(=O)CCNC(=O)C(CC)C(N)=S. The van der Waals surface area contributed by atoms with Gasteiger partial charge in [0.25, 0.3) is 0 Å². The van der Waals surface area contributed by atoms with Gasteiger partial charge in [0, 0.05) is 13.1 Å². The number of hydrogen-bond donors (Lipinski definition) is 3. The zero-order chi connectivity index (χ0) is 13.5. The lowest BCUT2D eigenvalue weighted by Gasteiger charge is -2.13. The number of rotatable bonds is 8. The first kappa shape index (κ1) is 16.3. The lowest BCUT2D eigenvalue weighted by molar-refractivity contribution is -0.122. The second-order valence-electron chi connectivity index (χ2n) is 3.47. The van der Waals surface area contributed by atoms with Gasteiger partial charge in [-0.25, -0.2) is 13.1 Å². The molecule has 0 saturated heterocycles. The lowest BCUT2D eigenvalue weighted by atomic mass is 10.1. The molecule has 4 N–H and O–H groups in total. The fraction of sp³-hybridized carbons (Fsp3) is 0.778. The van der Waals surface area contributed by atoms with Crippen LogP contribution in [0.25, 0.3) is 0 Å². The summed E-state index contributed by atoms with van der Waals surface area (Å²) in [6, 6.07) is 0. The summed E-state index contributed by atoms with van der Waals surface area (Å²) in [5.41, 5.74) is 5.39. The molecule has 1 amide bonds. The summed E-state index contributed by atoms with van der Waals surface area (Å²) in [4.78, 5) is 11.7. The Morgan fingerprint density at radius 2 is 2.00 bits per heavy atom. The van der Waals surface area contributed by atoms with Gasteiger partial charge < -0.3 is 11.1 Å². The minimum absolute atomic E-state index is 0.0489. The van der Waals surface area contributed by atoms with Crippen LogP contribution in [-0.4, -0.2) is 38.2 Å². The molecule has 17 heavy (non-hydrogen) atoms. The number of carbonyl (C=O) groups excluding carboxylic acids is 1. The summed E-state index contributed by atoms with van der Waals surface area (Å²) in [7, 11) is -3.31. The van der Waals surface area contributed by atoms with Gasteiger partial charge >= 0.3 is 0 Å². The van der Waals surface area contributed by atoms with E-state index >= 15 is 0 Å². The minimum Gasteiger partial charge on any atom is -0.393 e. The maximum atomic E-state index is 11.6. The Morgan fingerprint density at radius 3 is 2.41 bits per heavy atom. The Bertz CT molecular complexity index is 368. The van der Waals surface area contributed by atoms with E-state index in [1.54, 1.807) is 13.8 Å².